The lowest BCUT2D eigenvalue weighted by Crippen LogP contribution is -2.22. The standard InChI is InChI=1S/C19H21FN6O/c1-12-15(6-13-2-4-27-5-3-13)16(9-23-12)18-17(20)10-24-19(26-18)25-14-7-21-11-22-8-14/h7-11,13,15H,2-6H2,1H3,(H,24,25,26). The summed E-state index contributed by atoms with van der Waals surface area (Å²) in [4.78, 5) is 20.8. The molecule has 0 radical (unpaired) electrons. The van der Waals surface area contributed by atoms with Crippen LogP contribution in [-0.4, -0.2) is 38.9 Å². The van der Waals surface area contributed by atoms with Crippen molar-refractivity contribution in [3.63, 3.8) is 0 Å². The van der Waals surface area contributed by atoms with E-state index in [0.29, 0.717) is 23.2 Å². The van der Waals surface area contributed by atoms with E-state index in [9.17, 15) is 4.39 Å². The molecular weight excluding hydrogens is 347 g/mol. The van der Waals surface area contributed by atoms with Crippen molar-refractivity contribution in [3.05, 3.63) is 42.6 Å². The largest absolute Gasteiger partial charge is 0.381 e. The van der Waals surface area contributed by atoms with Gasteiger partial charge in [0.1, 0.15) is 12.0 Å². The molecule has 8 heteroatoms. The van der Waals surface area contributed by atoms with Crippen LogP contribution in [-0.2, 0) is 4.74 Å². The van der Waals surface area contributed by atoms with E-state index in [1.54, 1.807) is 18.6 Å². The summed E-state index contributed by atoms with van der Waals surface area (Å²) < 4.78 is 20.0. The lowest BCUT2D eigenvalue weighted by atomic mass is 9.82. The van der Waals surface area contributed by atoms with Crippen molar-refractivity contribution in [2.24, 2.45) is 16.8 Å². The first-order chi connectivity index (χ1) is 13.2. The molecule has 1 N–H and O–H groups in total. The van der Waals surface area contributed by atoms with Gasteiger partial charge in [-0.2, -0.15) is 0 Å². The van der Waals surface area contributed by atoms with Crippen LogP contribution in [0, 0.1) is 17.7 Å². The number of nitrogens with one attached hydrogen (secondary N) is 1. The molecule has 0 amide bonds. The van der Waals surface area contributed by atoms with Crippen molar-refractivity contribution in [3.8, 4) is 0 Å². The highest BCUT2D eigenvalue weighted by Gasteiger charge is 2.30. The number of rotatable bonds is 5. The molecule has 0 aromatic carbocycles. The fraction of sp³-hybridized carbons (Fsp3) is 0.421. The smallest absolute Gasteiger partial charge is 0.227 e. The maximum absolute atomic E-state index is 14.6. The van der Waals surface area contributed by atoms with E-state index in [0.717, 1.165) is 43.8 Å². The Kier molecular flexibility index (Phi) is 5.15. The molecule has 4 heterocycles. The number of aromatic nitrogens is 4. The molecule has 0 aliphatic carbocycles. The molecule has 2 aromatic rings. The van der Waals surface area contributed by atoms with Crippen molar-refractivity contribution >= 4 is 22.9 Å². The number of anilines is 2. The van der Waals surface area contributed by atoms with Gasteiger partial charge in [-0.25, -0.2) is 24.3 Å². The van der Waals surface area contributed by atoms with Gasteiger partial charge >= 0.3 is 0 Å². The fourth-order valence-corrected chi connectivity index (χ4v) is 3.54. The Bertz CT molecular complexity index is 864. The Morgan fingerprint density at radius 2 is 1.96 bits per heavy atom. The third-order valence-corrected chi connectivity index (χ3v) is 5.03. The van der Waals surface area contributed by atoms with Crippen molar-refractivity contribution in [2.75, 3.05) is 18.5 Å². The maximum Gasteiger partial charge on any atom is 0.227 e. The first-order valence-corrected chi connectivity index (χ1v) is 9.07. The van der Waals surface area contributed by atoms with Crippen molar-refractivity contribution in [1.82, 2.24) is 19.9 Å². The second-order valence-electron chi connectivity index (χ2n) is 6.84. The number of hydrogen-bond donors (Lipinski definition) is 1. The molecular formula is C19H21FN6O. The lowest BCUT2D eigenvalue weighted by Gasteiger charge is -2.26. The third-order valence-electron chi connectivity index (χ3n) is 5.03. The molecule has 1 atom stereocenters. The minimum Gasteiger partial charge on any atom is -0.381 e. The van der Waals surface area contributed by atoms with Gasteiger partial charge < -0.3 is 10.1 Å². The first-order valence-electron chi connectivity index (χ1n) is 9.07. The Morgan fingerprint density at radius 1 is 1.19 bits per heavy atom. The zero-order chi connectivity index (χ0) is 18.6. The molecule has 0 saturated carbocycles. The fourth-order valence-electron chi connectivity index (χ4n) is 3.54. The third kappa shape index (κ3) is 4.00. The zero-order valence-electron chi connectivity index (χ0n) is 15.1. The first kappa shape index (κ1) is 17.7. The summed E-state index contributed by atoms with van der Waals surface area (Å²) in [6.07, 6.45) is 10.6. The minimum atomic E-state index is -0.446. The highest BCUT2D eigenvalue weighted by atomic mass is 19.1. The predicted molar refractivity (Wildman–Crippen MR) is 100 cm³/mol. The molecule has 2 aliphatic rings. The summed E-state index contributed by atoms with van der Waals surface area (Å²) in [7, 11) is 0. The summed E-state index contributed by atoms with van der Waals surface area (Å²) in [5.41, 5.74) is 2.75. The number of allylic oxidation sites excluding steroid dienone is 1. The van der Waals surface area contributed by atoms with Gasteiger partial charge in [0.05, 0.1) is 24.3 Å². The number of halogens is 1. The molecule has 1 unspecified atom stereocenters. The van der Waals surface area contributed by atoms with Gasteiger partial charge in [0.25, 0.3) is 0 Å². The van der Waals surface area contributed by atoms with Crippen LogP contribution >= 0.6 is 0 Å². The summed E-state index contributed by atoms with van der Waals surface area (Å²) >= 11 is 0. The highest BCUT2D eigenvalue weighted by Crippen LogP contribution is 2.36. The molecule has 7 nitrogen and oxygen atoms in total. The lowest BCUT2D eigenvalue weighted by molar-refractivity contribution is 0.0628. The second-order valence-corrected chi connectivity index (χ2v) is 6.84. The van der Waals surface area contributed by atoms with Gasteiger partial charge in [0.15, 0.2) is 5.82 Å². The highest BCUT2D eigenvalue weighted by molar-refractivity contribution is 5.99. The van der Waals surface area contributed by atoms with Gasteiger partial charge in [-0.3, -0.25) is 4.99 Å². The Labute approximate surface area is 156 Å². The number of hydrogen-bond acceptors (Lipinski definition) is 7. The topological polar surface area (TPSA) is 85.2 Å². The molecule has 2 aliphatic heterocycles. The molecule has 2 aromatic heterocycles. The van der Waals surface area contributed by atoms with Gasteiger partial charge in [-0.1, -0.05) is 0 Å². The average molecular weight is 368 g/mol. The Hall–Kier alpha value is -2.74. The van der Waals surface area contributed by atoms with Crippen LogP contribution in [0.1, 0.15) is 31.9 Å². The molecule has 4 rings (SSSR count). The van der Waals surface area contributed by atoms with Crippen LogP contribution in [0.25, 0.3) is 5.57 Å². The predicted octanol–water partition coefficient (Wildman–Crippen LogP) is 3.40. The van der Waals surface area contributed by atoms with E-state index in [1.807, 2.05) is 6.92 Å². The molecule has 140 valence electrons. The van der Waals surface area contributed by atoms with Crippen molar-refractivity contribution in [1.29, 1.82) is 0 Å². The second kappa shape index (κ2) is 7.87. The molecule has 1 fully saturated rings. The van der Waals surface area contributed by atoms with Crippen LogP contribution in [0.2, 0.25) is 0 Å². The SMILES string of the molecule is CC1=NC=C(c2nc(Nc3cncnc3)ncc2F)C1CC1CCOCC1. The van der Waals surface area contributed by atoms with E-state index in [1.165, 1.54) is 12.5 Å². The summed E-state index contributed by atoms with van der Waals surface area (Å²) in [6.45, 7) is 3.58. The summed E-state index contributed by atoms with van der Waals surface area (Å²) in [5, 5.41) is 3.01. The average Bonchev–Trinajstić information content (AvgIpc) is 3.05. The van der Waals surface area contributed by atoms with E-state index < -0.39 is 5.82 Å². The Morgan fingerprint density at radius 3 is 2.74 bits per heavy atom. The van der Waals surface area contributed by atoms with Gasteiger partial charge in [-0.05, 0) is 32.1 Å². The van der Waals surface area contributed by atoms with Crippen molar-refractivity contribution < 1.29 is 9.13 Å². The monoisotopic (exact) mass is 368 g/mol. The van der Waals surface area contributed by atoms with E-state index in [-0.39, 0.29) is 5.92 Å². The number of aliphatic imine (C=N–C) groups is 1. The maximum atomic E-state index is 14.6. The molecule has 0 bridgehead atoms. The van der Waals surface area contributed by atoms with E-state index in [4.69, 9.17) is 4.74 Å². The molecule has 0 spiro atoms. The van der Waals surface area contributed by atoms with Gasteiger partial charge in [0, 0.05) is 36.6 Å². The van der Waals surface area contributed by atoms with Crippen LogP contribution in [0.4, 0.5) is 16.0 Å². The van der Waals surface area contributed by atoms with Gasteiger partial charge in [0.2, 0.25) is 5.95 Å². The zero-order valence-corrected chi connectivity index (χ0v) is 15.1. The van der Waals surface area contributed by atoms with Crippen LogP contribution in [0.3, 0.4) is 0 Å². The van der Waals surface area contributed by atoms with Crippen LogP contribution in [0.15, 0.2) is 36.1 Å². The van der Waals surface area contributed by atoms with E-state index in [2.05, 4.69) is 30.2 Å². The number of ether oxygens (including phenoxy) is 1. The number of nitrogens with zero attached hydrogens (tertiary/aromatic N) is 5. The summed E-state index contributed by atoms with van der Waals surface area (Å²) in [5.74, 6) is 0.485. The normalized spacial score (nSPS) is 20.3. The van der Waals surface area contributed by atoms with Crippen molar-refractivity contribution in [2.45, 2.75) is 26.2 Å². The van der Waals surface area contributed by atoms with Crippen LogP contribution < -0.4 is 5.32 Å². The molecule has 1 saturated heterocycles. The Balaban J connectivity index is 1.56. The minimum absolute atomic E-state index is 0.0745. The van der Waals surface area contributed by atoms with Crippen LogP contribution in [0.5, 0.6) is 0 Å². The summed E-state index contributed by atoms with van der Waals surface area (Å²) in [6, 6.07) is 0. The molecule has 27 heavy (non-hydrogen) atoms. The quantitative estimate of drug-likeness (QED) is 0.871. The van der Waals surface area contributed by atoms with Gasteiger partial charge in [-0.15, -0.1) is 0 Å². The van der Waals surface area contributed by atoms with E-state index >= 15 is 0 Å².